The summed E-state index contributed by atoms with van der Waals surface area (Å²) in [6.07, 6.45) is 2.84. The molecule has 8 nitrogen and oxygen atoms in total. The van der Waals surface area contributed by atoms with Gasteiger partial charge in [0.1, 0.15) is 10.9 Å². The Bertz CT molecular complexity index is 995. The van der Waals surface area contributed by atoms with E-state index < -0.39 is 16.1 Å². The van der Waals surface area contributed by atoms with Gasteiger partial charge in [0.05, 0.1) is 0 Å². The predicted molar refractivity (Wildman–Crippen MR) is 117 cm³/mol. The van der Waals surface area contributed by atoms with Crippen LogP contribution >= 0.6 is 0 Å². The summed E-state index contributed by atoms with van der Waals surface area (Å²) in [7, 11) is -3.72. The van der Waals surface area contributed by atoms with E-state index >= 15 is 0 Å². The molecule has 3 aliphatic rings. The highest BCUT2D eigenvalue weighted by Gasteiger charge is 2.41. The molecule has 1 aromatic carbocycles. The Hall–Kier alpha value is -2.42. The van der Waals surface area contributed by atoms with Crippen LogP contribution in [0.2, 0.25) is 0 Å². The number of hydrogen-bond acceptors (Lipinski definition) is 5. The zero-order valence-corrected chi connectivity index (χ0v) is 19.0. The molecule has 0 saturated carbocycles. The number of piperidine rings is 1. The van der Waals surface area contributed by atoms with E-state index in [0.29, 0.717) is 63.4 Å². The van der Waals surface area contributed by atoms with Crippen LogP contribution in [0.15, 0.2) is 33.6 Å². The molecule has 0 radical (unpaired) electrons. The second kappa shape index (κ2) is 8.61. The Morgan fingerprint density at radius 1 is 1.06 bits per heavy atom. The lowest BCUT2D eigenvalue weighted by Crippen LogP contribution is -2.51. The molecule has 0 aliphatic carbocycles. The van der Waals surface area contributed by atoms with Gasteiger partial charge in [0.2, 0.25) is 11.8 Å². The number of likely N-dealkylation sites (tertiary alicyclic amines) is 2. The first kappa shape index (κ1) is 21.8. The highest BCUT2D eigenvalue weighted by Crippen LogP contribution is 2.32. The third-order valence-electron chi connectivity index (χ3n) is 6.65. The number of rotatable bonds is 4. The van der Waals surface area contributed by atoms with Gasteiger partial charge in [0.15, 0.2) is 5.84 Å². The SMILES string of the molecule is CCN(CC)C(=O)C1CCN(C(=O)[C@@H]2CCCN2C2=NS(=O)(=O)c3ccccc32)CC1. The second-order valence-electron chi connectivity index (χ2n) is 8.35. The molecule has 2 amide bonds. The van der Waals surface area contributed by atoms with Crippen LogP contribution in [-0.4, -0.2) is 79.5 Å². The minimum absolute atomic E-state index is 0.00992. The van der Waals surface area contributed by atoms with Crippen LogP contribution in [0.4, 0.5) is 0 Å². The van der Waals surface area contributed by atoms with Gasteiger partial charge in [0, 0.05) is 44.2 Å². The Kier molecular flexibility index (Phi) is 6.05. The van der Waals surface area contributed by atoms with E-state index in [1.807, 2.05) is 28.5 Å². The van der Waals surface area contributed by atoms with Gasteiger partial charge >= 0.3 is 0 Å². The van der Waals surface area contributed by atoms with Crippen molar-refractivity contribution in [1.82, 2.24) is 14.7 Å². The molecule has 4 rings (SSSR count). The number of nitrogens with zero attached hydrogens (tertiary/aromatic N) is 4. The normalized spacial score (nSPS) is 22.9. The van der Waals surface area contributed by atoms with Gasteiger partial charge in [-0.05, 0) is 51.7 Å². The molecular weight excluding hydrogens is 416 g/mol. The van der Waals surface area contributed by atoms with Crippen LogP contribution in [0.5, 0.6) is 0 Å². The van der Waals surface area contributed by atoms with Gasteiger partial charge in [-0.3, -0.25) is 9.59 Å². The number of sulfonamides is 1. The molecular formula is C22H30N4O4S. The summed E-state index contributed by atoms with van der Waals surface area (Å²) >= 11 is 0. The van der Waals surface area contributed by atoms with E-state index in [9.17, 15) is 18.0 Å². The molecule has 0 spiro atoms. The first-order valence-corrected chi connectivity index (χ1v) is 12.6. The zero-order valence-electron chi connectivity index (χ0n) is 18.2. The molecule has 168 valence electrons. The summed E-state index contributed by atoms with van der Waals surface area (Å²) in [5.74, 6) is 0.551. The fraction of sp³-hybridized carbons (Fsp3) is 0.591. The van der Waals surface area contributed by atoms with Crippen molar-refractivity contribution in [3.8, 4) is 0 Å². The Balaban J connectivity index is 1.46. The maximum Gasteiger partial charge on any atom is 0.285 e. The highest BCUT2D eigenvalue weighted by molar-refractivity contribution is 7.90. The molecule has 31 heavy (non-hydrogen) atoms. The number of fused-ring (bicyclic) bond motifs is 1. The summed E-state index contributed by atoms with van der Waals surface area (Å²) in [4.78, 5) is 31.8. The molecule has 2 fully saturated rings. The summed E-state index contributed by atoms with van der Waals surface area (Å²) < 4.78 is 28.9. The van der Waals surface area contributed by atoms with Crippen molar-refractivity contribution in [2.24, 2.45) is 10.3 Å². The fourth-order valence-corrected chi connectivity index (χ4v) is 6.14. The van der Waals surface area contributed by atoms with Crippen molar-refractivity contribution >= 4 is 27.7 Å². The van der Waals surface area contributed by atoms with E-state index in [1.165, 1.54) is 0 Å². The largest absolute Gasteiger partial charge is 0.343 e. The molecule has 3 aliphatic heterocycles. The Morgan fingerprint density at radius 3 is 2.42 bits per heavy atom. The van der Waals surface area contributed by atoms with Crippen molar-refractivity contribution in [3.05, 3.63) is 29.8 Å². The van der Waals surface area contributed by atoms with Gasteiger partial charge in [-0.2, -0.15) is 8.42 Å². The highest BCUT2D eigenvalue weighted by atomic mass is 32.2. The van der Waals surface area contributed by atoms with Gasteiger partial charge in [-0.1, -0.05) is 12.1 Å². The number of benzene rings is 1. The molecule has 0 bridgehead atoms. The first-order valence-electron chi connectivity index (χ1n) is 11.2. The monoisotopic (exact) mass is 446 g/mol. The Morgan fingerprint density at radius 2 is 1.74 bits per heavy atom. The van der Waals surface area contributed by atoms with E-state index in [4.69, 9.17) is 0 Å². The van der Waals surface area contributed by atoms with Crippen molar-refractivity contribution < 1.29 is 18.0 Å². The lowest BCUT2D eigenvalue weighted by Gasteiger charge is -2.36. The lowest BCUT2D eigenvalue weighted by atomic mass is 9.94. The topological polar surface area (TPSA) is 90.4 Å². The van der Waals surface area contributed by atoms with E-state index in [0.717, 1.165) is 6.42 Å². The van der Waals surface area contributed by atoms with E-state index in [2.05, 4.69) is 4.40 Å². The molecule has 0 aromatic heterocycles. The van der Waals surface area contributed by atoms with E-state index in [-0.39, 0.29) is 22.6 Å². The van der Waals surface area contributed by atoms with Crippen LogP contribution in [0.3, 0.4) is 0 Å². The standard InChI is InChI=1S/C22H30N4O4S/c1-3-24(4-2)21(27)16-11-14-25(15-12-16)22(28)18-9-7-13-26(18)20-17-8-5-6-10-19(17)31(29,30)23-20/h5-6,8,10,16,18H,3-4,7,9,11-15H2,1-2H3/t18-/m0/s1. The number of amides is 2. The smallest absolute Gasteiger partial charge is 0.285 e. The van der Waals surface area contributed by atoms with Gasteiger partial charge < -0.3 is 14.7 Å². The fourth-order valence-electron chi connectivity index (χ4n) is 4.92. The predicted octanol–water partition coefficient (Wildman–Crippen LogP) is 1.71. The van der Waals surface area contributed by atoms with Crippen LogP contribution in [0.1, 0.15) is 45.1 Å². The quantitative estimate of drug-likeness (QED) is 0.702. The average Bonchev–Trinajstić information content (AvgIpc) is 3.37. The molecule has 0 unspecified atom stereocenters. The number of amidine groups is 1. The summed E-state index contributed by atoms with van der Waals surface area (Å²) in [5.41, 5.74) is 0.575. The maximum atomic E-state index is 13.3. The van der Waals surface area contributed by atoms with Gasteiger partial charge in [-0.15, -0.1) is 4.40 Å². The third-order valence-corrected chi connectivity index (χ3v) is 7.98. The minimum atomic E-state index is -3.72. The summed E-state index contributed by atoms with van der Waals surface area (Å²) in [6.45, 7) is 7.11. The van der Waals surface area contributed by atoms with Gasteiger partial charge in [0.25, 0.3) is 10.0 Å². The van der Waals surface area contributed by atoms with Crippen LogP contribution in [0, 0.1) is 5.92 Å². The molecule has 1 atom stereocenters. The lowest BCUT2D eigenvalue weighted by molar-refractivity contribution is -0.142. The van der Waals surface area contributed by atoms with E-state index in [1.54, 1.807) is 24.3 Å². The third kappa shape index (κ3) is 3.95. The summed E-state index contributed by atoms with van der Waals surface area (Å²) in [5, 5.41) is 0. The Labute approximate surface area is 184 Å². The van der Waals surface area contributed by atoms with Crippen molar-refractivity contribution in [3.63, 3.8) is 0 Å². The maximum absolute atomic E-state index is 13.3. The molecule has 1 aromatic rings. The van der Waals surface area contributed by atoms with Crippen molar-refractivity contribution in [2.45, 2.75) is 50.5 Å². The summed E-state index contributed by atoms with van der Waals surface area (Å²) in [6, 6.07) is 6.38. The van der Waals surface area contributed by atoms with Crippen molar-refractivity contribution in [1.29, 1.82) is 0 Å². The van der Waals surface area contributed by atoms with Gasteiger partial charge in [-0.25, -0.2) is 0 Å². The van der Waals surface area contributed by atoms with Crippen LogP contribution in [-0.2, 0) is 19.6 Å². The van der Waals surface area contributed by atoms with Crippen molar-refractivity contribution in [2.75, 3.05) is 32.7 Å². The minimum Gasteiger partial charge on any atom is -0.343 e. The van der Waals surface area contributed by atoms with Crippen LogP contribution in [0.25, 0.3) is 0 Å². The average molecular weight is 447 g/mol. The molecule has 3 heterocycles. The first-order chi connectivity index (χ1) is 14.9. The molecule has 0 N–H and O–H groups in total. The number of carbonyl (C=O) groups excluding carboxylic acids is 2. The molecule has 2 saturated heterocycles. The second-order valence-corrected chi connectivity index (χ2v) is 9.92. The van der Waals surface area contributed by atoms with Crippen LogP contribution < -0.4 is 0 Å². The number of hydrogen-bond donors (Lipinski definition) is 0. The zero-order chi connectivity index (χ0) is 22.2. The number of carbonyl (C=O) groups is 2. The molecule has 9 heteroatoms.